The molecule has 0 atom stereocenters. The van der Waals surface area contributed by atoms with Crippen LogP contribution in [-0.2, 0) is 0 Å². The van der Waals surface area contributed by atoms with Gasteiger partial charge in [-0.1, -0.05) is 49.6 Å². The maximum absolute atomic E-state index is 3.12. The van der Waals surface area contributed by atoms with Crippen molar-refractivity contribution in [3.05, 3.63) is 55.3 Å². The van der Waals surface area contributed by atoms with Gasteiger partial charge in [-0.15, -0.1) is 5.73 Å². The number of rotatable bonds is 0. The smallest absolute Gasteiger partial charge is 0.0572 e. The SMILES string of the molecule is C=C=C.c1ccccc1. The zero-order chi connectivity index (χ0) is 6.95. The summed E-state index contributed by atoms with van der Waals surface area (Å²) < 4.78 is 0. The summed E-state index contributed by atoms with van der Waals surface area (Å²) in [5, 5.41) is 0. The first-order chi connectivity index (χ1) is 4.41. The van der Waals surface area contributed by atoms with Crippen LogP contribution in [0, 0.1) is 0 Å². The zero-order valence-corrected chi connectivity index (χ0v) is 5.38. The molecule has 0 heteroatoms. The van der Waals surface area contributed by atoms with E-state index >= 15 is 0 Å². The molecular formula is C9H10. The van der Waals surface area contributed by atoms with Crippen LogP contribution in [0.15, 0.2) is 55.3 Å². The summed E-state index contributed by atoms with van der Waals surface area (Å²) in [5.74, 6) is 0. The van der Waals surface area contributed by atoms with Crippen molar-refractivity contribution in [2.45, 2.75) is 0 Å². The molecule has 0 aliphatic rings. The van der Waals surface area contributed by atoms with E-state index in [2.05, 4.69) is 18.9 Å². The van der Waals surface area contributed by atoms with E-state index in [1.165, 1.54) is 0 Å². The van der Waals surface area contributed by atoms with E-state index in [1.807, 2.05) is 36.4 Å². The largest absolute Gasteiger partial charge is 0.137 e. The van der Waals surface area contributed by atoms with Crippen LogP contribution in [0.3, 0.4) is 0 Å². The first-order valence-corrected chi connectivity index (χ1v) is 2.71. The summed E-state index contributed by atoms with van der Waals surface area (Å²) in [6.45, 7) is 6.25. The average molecular weight is 118 g/mol. The van der Waals surface area contributed by atoms with E-state index in [1.54, 1.807) is 0 Å². The molecule has 0 aromatic heterocycles. The van der Waals surface area contributed by atoms with E-state index in [0.717, 1.165) is 0 Å². The molecule has 0 bridgehead atoms. The Labute approximate surface area is 56.2 Å². The van der Waals surface area contributed by atoms with Crippen LogP contribution in [0.4, 0.5) is 0 Å². The van der Waals surface area contributed by atoms with Gasteiger partial charge in [0, 0.05) is 0 Å². The Morgan fingerprint density at radius 1 is 0.667 bits per heavy atom. The van der Waals surface area contributed by atoms with Gasteiger partial charge in [-0.3, -0.25) is 0 Å². The fourth-order valence-corrected chi connectivity index (χ4v) is 0.385. The molecule has 0 aliphatic heterocycles. The molecule has 1 aromatic rings. The van der Waals surface area contributed by atoms with Gasteiger partial charge < -0.3 is 0 Å². The second kappa shape index (κ2) is 6.74. The standard InChI is InChI=1S/C6H6.C3H4/c1-2-4-6-5-3-1;1-3-2/h1-6H;1-2H2. The summed E-state index contributed by atoms with van der Waals surface area (Å²) in [5.41, 5.74) is 2.25. The Morgan fingerprint density at radius 3 is 0.889 bits per heavy atom. The highest BCUT2D eigenvalue weighted by Gasteiger charge is 1.57. The maximum Gasteiger partial charge on any atom is -0.0572 e. The predicted octanol–water partition coefficient (Wildman–Crippen LogP) is 2.64. The van der Waals surface area contributed by atoms with Gasteiger partial charge in [0.1, 0.15) is 0 Å². The number of hydrogen-bond acceptors (Lipinski definition) is 0. The summed E-state index contributed by atoms with van der Waals surface area (Å²) in [6.07, 6.45) is 0. The Bertz CT molecular complexity index is 130. The normalized spacial score (nSPS) is 6.22. The Morgan fingerprint density at radius 2 is 0.778 bits per heavy atom. The first kappa shape index (κ1) is 7.74. The summed E-state index contributed by atoms with van der Waals surface area (Å²) >= 11 is 0. The Kier molecular flexibility index (Phi) is 5.80. The Balaban J connectivity index is 0.000000187. The minimum absolute atomic E-state index is 2.00. The molecule has 0 unspecified atom stereocenters. The van der Waals surface area contributed by atoms with Gasteiger partial charge in [-0.05, 0) is 0 Å². The second-order valence-corrected chi connectivity index (χ2v) is 1.40. The third-order valence-corrected chi connectivity index (χ3v) is 0.667. The van der Waals surface area contributed by atoms with E-state index in [-0.39, 0.29) is 0 Å². The molecule has 0 heterocycles. The van der Waals surface area contributed by atoms with Crippen LogP contribution in [0.5, 0.6) is 0 Å². The Hall–Kier alpha value is -1.26. The van der Waals surface area contributed by atoms with Gasteiger partial charge in [0.05, 0.1) is 0 Å². The molecule has 0 saturated carbocycles. The summed E-state index contributed by atoms with van der Waals surface area (Å²) in [7, 11) is 0. The van der Waals surface area contributed by atoms with Crippen LogP contribution in [0.1, 0.15) is 0 Å². The van der Waals surface area contributed by atoms with Gasteiger partial charge in [0.25, 0.3) is 0 Å². The molecule has 0 radical (unpaired) electrons. The van der Waals surface area contributed by atoms with Crippen LogP contribution in [0.2, 0.25) is 0 Å². The van der Waals surface area contributed by atoms with Crippen molar-refractivity contribution < 1.29 is 0 Å². The monoisotopic (exact) mass is 118 g/mol. The number of hydrogen-bond donors (Lipinski definition) is 0. The molecule has 0 saturated heterocycles. The molecule has 1 aromatic carbocycles. The lowest BCUT2D eigenvalue weighted by Gasteiger charge is -1.69. The molecule has 0 fully saturated rings. The van der Waals surface area contributed by atoms with Crippen molar-refractivity contribution >= 4 is 0 Å². The highest BCUT2D eigenvalue weighted by atomic mass is 13.6. The van der Waals surface area contributed by atoms with Crippen LogP contribution >= 0.6 is 0 Å². The van der Waals surface area contributed by atoms with E-state index < -0.39 is 0 Å². The van der Waals surface area contributed by atoms with Crippen LogP contribution < -0.4 is 0 Å². The van der Waals surface area contributed by atoms with Gasteiger partial charge in [-0.25, -0.2) is 0 Å². The van der Waals surface area contributed by atoms with E-state index in [4.69, 9.17) is 0 Å². The maximum atomic E-state index is 3.12. The first-order valence-electron chi connectivity index (χ1n) is 2.71. The van der Waals surface area contributed by atoms with E-state index in [9.17, 15) is 0 Å². The third-order valence-electron chi connectivity index (χ3n) is 0.667. The highest BCUT2D eigenvalue weighted by molar-refractivity contribution is 4.99. The topological polar surface area (TPSA) is 0 Å². The van der Waals surface area contributed by atoms with Crippen molar-refractivity contribution in [1.82, 2.24) is 0 Å². The lowest BCUT2D eigenvalue weighted by Crippen LogP contribution is -1.47. The molecular weight excluding hydrogens is 108 g/mol. The van der Waals surface area contributed by atoms with Crippen molar-refractivity contribution in [1.29, 1.82) is 0 Å². The molecule has 0 spiro atoms. The molecule has 9 heavy (non-hydrogen) atoms. The lowest BCUT2D eigenvalue weighted by atomic mass is 10.4. The van der Waals surface area contributed by atoms with Crippen molar-refractivity contribution in [3.63, 3.8) is 0 Å². The van der Waals surface area contributed by atoms with Crippen molar-refractivity contribution in [2.24, 2.45) is 0 Å². The van der Waals surface area contributed by atoms with Crippen LogP contribution in [-0.4, -0.2) is 0 Å². The molecule has 46 valence electrons. The molecule has 0 aliphatic carbocycles. The van der Waals surface area contributed by atoms with Crippen LogP contribution in [0.25, 0.3) is 0 Å². The summed E-state index contributed by atoms with van der Waals surface area (Å²) in [6, 6.07) is 12.0. The van der Waals surface area contributed by atoms with E-state index in [0.29, 0.717) is 0 Å². The molecule has 0 amide bonds. The average Bonchev–Trinajstić information content (AvgIpc) is 1.93. The quantitative estimate of drug-likeness (QED) is 0.459. The fourth-order valence-electron chi connectivity index (χ4n) is 0.385. The third kappa shape index (κ3) is 6.74. The van der Waals surface area contributed by atoms with Gasteiger partial charge >= 0.3 is 0 Å². The molecule has 0 nitrogen and oxygen atoms in total. The van der Waals surface area contributed by atoms with Crippen molar-refractivity contribution in [2.75, 3.05) is 0 Å². The molecule has 0 N–H and O–H groups in total. The van der Waals surface area contributed by atoms with Gasteiger partial charge in [0.15, 0.2) is 0 Å². The minimum atomic E-state index is 2.00. The fraction of sp³-hybridized carbons (Fsp3) is 0. The van der Waals surface area contributed by atoms with Gasteiger partial charge in [0.2, 0.25) is 0 Å². The lowest BCUT2D eigenvalue weighted by molar-refractivity contribution is 1.72. The van der Waals surface area contributed by atoms with Gasteiger partial charge in [-0.2, -0.15) is 0 Å². The highest BCUT2D eigenvalue weighted by Crippen LogP contribution is 1.79. The van der Waals surface area contributed by atoms with Crippen molar-refractivity contribution in [3.8, 4) is 0 Å². The minimum Gasteiger partial charge on any atom is -0.137 e. The summed E-state index contributed by atoms with van der Waals surface area (Å²) in [4.78, 5) is 0. The molecule has 1 rings (SSSR count). The zero-order valence-electron chi connectivity index (χ0n) is 5.38. The second-order valence-electron chi connectivity index (χ2n) is 1.40. The number of benzene rings is 1. The predicted molar refractivity (Wildman–Crippen MR) is 41.2 cm³/mol.